The van der Waals surface area contributed by atoms with Crippen LogP contribution in [0.2, 0.25) is 0 Å². The molecule has 0 N–H and O–H groups in total. The van der Waals surface area contributed by atoms with Crippen molar-refractivity contribution in [2.75, 3.05) is 9.80 Å². The summed E-state index contributed by atoms with van der Waals surface area (Å²) in [5.41, 5.74) is 38.0. The Labute approximate surface area is 743 Å². The molecule has 2 heterocycles. The van der Waals surface area contributed by atoms with Crippen LogP contribution in [-0.2, 0) is 10.8 Å². The number of hydrogen-bond donors (Lipinski definition) is 0. The van der Waals surface area contributed by atoms with Crippen molar-refractivity contribution in [1.82, 2.24) is 0 Å². The zero-order valence-corrected chi connectivity index (χ0v) is 71.3. The molecule has 0 unspecified atom stereocenters. The normalized spacial score (nSPS) is 13.0. The smallest absolute Gasteiger partial charge is 0.143 e. The second kappa shape index (κ2) is 29.3. The molecule has 0 atom stereocenters. The molecule has 0 fully saturated rings. The van der Waals surface area contributed by atoms with Gasteiger partial charge in [-0.2, -0.15) is 0 Å². The van der Waals surface area contributed by atoms with Crippen molar-refractivity contribution < 1.29 is 8.83 Å². The van der Waals surface area contributed by atoms with Gasteiger partial charge in [0.15, 0.2) is 0 Å². The quantitative estimate of drug-likeness (QED) is 0.109. The van der Waals surface area contributed by atoms with Gasteiger partial charge in [-0.3, -0.25) is 0 Å². The zero-order chi connectivity index (χ0) is 85.0. The van der Waals surface area contributed by atoms with Gasteiger partial charge in [-0.25, -0.2) is 0 Å². The summed E-state index contributed by atoms with van der Waals surface area (Å²) in [6.45, 7) is 9.58. The Morgan fingerprint density at radius 3 is 1.20 bits per heavy atom. The molecule has 2 aliphatic carbocycles. The predicted molar refractivity (Wildman–Crippen MR) is 539 cm³/mol. The number of nitrogens with zero attached hydrogens (tertiary/aromatic N) is 2. The molecule has 25 rings (SSSR count). The van der Waals surface area contributed by atoms with Crippen LogP contribution in [0, 0.1) is 0 Å². The van der Waals surface area contributed by atoms with Gasteiger partial charge in [0.1, 0.15) is 22.3 Å². The van der Waals surface area contributed by atoms with Crippen LogP contribution in [0.1, 0.15) is 49.9 Å². The van der Waals surface area contributed by atoms with Crippen LogP contribution in [0.4, 0.5) is 34.1 Å². The molecule has 0 spiro atoms. The van der Waals surface area contributed by atoms with Crippen molar-refractivity contribution in [1.29, 1.82) is 0 Å². The molecule has 128 heavy (non-hydrogen) atoms. The summed E-state index contributed by atoms with van der Waals surface area (Å²) >= 11 is 0. The standard InChI is InChI=1S/C124H84N2O2/c1-123(2)113-50-14-11-37-100(113)104-44-21-42-98(119(104)123)80-59-66-93(67-60-80)126(94-35-18-32-84(71-94)87-54-53-77-25-5-6-27-82(77)69-87)116-52-16-13-39-103(116)107-47-24-49-109-112-73-89-34-20-41-97(110(89)76-118(112)128-122(107)109)90-61-68-101-105-45-22-43-99(120(105)124(3,4)114(101)74-90)81-57-64-92(65-58-81)125(91-62-55-78(56-63-91)83-31-17-33-88(70-83)96-40-19-30-79-26-9-10-36-95(79)96)115-51-15-12-38-102(115)106-46-23-48-108-111-72-85-28-7-8-29-86(85)75-117(111)127-121(106)108/h5-76H,1-4H3. The average molecular weight is 1630 g/mol. The molecule has 21 aromatic carbocycles. The van der Waals surface area contributed by atoms with E-state index in [2.05, 4.69) is 474 Å². The van der Waals surface area contributed by atoms with Crippen molar-refractivity contribution in [3.05, 3.63) is 459 Å². The third-order valence-corrected chi connectivity index (χ3v) is 27.8. The van der Waals surface area contributed by atoms with Gasteiger partial charge in [-0.15, -0.1) is 0 Å². The van der Waals surface area contributed by atoms with Crippen LogP contribution in [0.5, 0.6) is 0 Å². The lowest BCUT2D eigenvalue weighted by Crippen LogP contribution is -2.16. The summed E-state index contributed by atoms with van der Waals surface area (Å²) in [4.78, 5) is 4.86. The topological polar surface area (TPSA) is 32.8 Å². The lowest BCUT2D eigenvalue weighted by molar-refractivity contribution is 0.662. The Morgan fingerprint density at radius 2 is 0.562 bits per heavy atom. The number of benzene rings is 21. The van der Waals surface area contributed by atoms with E-state index in [1.54, 1.807) is 0 Å². The van der Waals surface area contributed by atoms with E-state index in [1.807, 2.05) is 0 Å². The highest BCUT2D eigenvalue weighted by Crippen LogP contribution is 2.57. The molecule has 2 aromatic heterocycles. The van der Waals surface area contributed by atoms with E-state index in [0.29, 0.717) is 0 Å². The monoisotopic (exact) mass is 1630 g/mol. The van der Waals surface area contributed by atoms with Crippen LogP contribution < -0.4 is 9.80 Å². The van der Waals surface area contributed by atoms with Crippen molar-refractivity contribution in [3.8, 4) is 111 Å². The number of furan rings is 2. The Balaban J connectivity index is 0.559. The average Bonchev–Trinajstić information content (AvgIpc) is 1.57. The van der Waals surface area contributed by atoms with E-state index < -0.39 is 0 Å². The molecule has 0 radical (unpaired) electrons. The summed E-state index contributed by atoms with van der Waals surface area (Å²) < 4.78 is 14.4. The Bertz CT molecular complexity index is 8500. The minimum atomic E-state index is -0.364. The van der Waals surface area contributed by atoms with Gasteiger partial charge in [-0.1, -0.05) is 361 Å². The number of rotatable bonds is 14. The fourth-order valence-corrected chi connectivity index (χ4v) is 21.7. The number of anilines is 6. The van der Waals surface area contributed by atoms with Gasteiger partial charge in [-0.05, 0) is 257 Å². The first kappa shape index (κ1) is 74.5. The summed E-state index contributed by atoms with van der Waals surface area (Å²) in [6.07, 6.45) is 0. The number of hydrogen-bond acceptors (Lipinski definition) is 4. The highest BCUT2D eigenvalue weighted by atomic mass is 16.3. The summed E-state index contributed by atoms with van der Waals surface area (Å²) in [6, 6.07) is 161. The molecular formula is C124H84N2O2. The van der Waals surface area contributed by atoms with Crippen LogP contribution in [0.25, 0.3) is 198 Å². The van der Waals surface area contributed by atoms with Crippen LogP contribution in [0.15, 0.2) is 446 Å². The highest BCUT2D eigenvalue weighted by Gasteiger charge is 2.40. The fraction of sp³-hybridized carbons (Fsp3) is 0.0484. The second-order valence-corrected chi connectivity index (χ2v) is 35.7. The van der Waals surface area contributed by atoms with E-state index in [-0.39, 0.29) is 10.8 Å². The highest BCUT2D eigenvalue weighted by molar-refractivity contribution is 6.17. The third kappa shape index (κ3) is 12.0. The van der Waals surface area contributed by atoms with Gasteiger partial charge in [0.25, 0.3) is 0 Å². The van der Waals surface area contributed by atoms with E-state index in [4.69, 9.17) is 8.83 Å². The van der Waals surface area contributed by atoms with Crippen LogP contribution >= 0.6 is 0 Å². The van der Waals surface area contributed by atoms with Gasteiger partial charge >= 0.3 is 0 Å². The first-order valence-electron chi connectivity index (χ1n) is 44.5. The van der Waals surface area contributed by atoms with Gasteiger partial charge in [0.05, 0.1) is 11.4 Å². The lowest BCUT2D eigenvalue weighted by Gasteiger charge is -2.29. The molecule has 602 valence electrons. The second-order valence-electron chi connectivity index (χ2n) is 35.7. The molecule has 2 aliphatic rings. The molecule has 23 aromatic rings. The van der Waals surface area contributed by atoms with Crippen LogP contribution in [0.3, 0.4) is 0 Å². The molecule has 0 amide bonds. The van der Waals surface area contributed by atoms with E-state index in [9.17, 15) is 0 Å². The summed E-state index contributed by atoms with van der Waals surface area (Å²) in [7, 11) is 0. The Morgan fingerprint density at radius 1 is 0.180 bits per heavy atom. The predicted octanol–water partition coefficient (Wildman–Crippen LogP) is 35.0. The lowest BCUT2D eigenvalue weighted by atomic mass is 9.78. The maximum atomic E-state index is 7.38. The van der Waals surface area contributed by atoms with E-state index >= 15 is 0 Å². The van der Waals surface area contributed by atoms with Crippen LogP contribution in [-0.4, -0.2) is 0 Å². The SMILES string of the molecule is CC1(C)c2ccccc2-c2cccc(-c3ccc(N(c4cccc(-c5ccc6ccccc6c5)c4)c4ccccc4-c4cccc5c4oc4cc6c(-c7ccc8c(c7)C(C)(C)c7c(-c9ccc(N(c%10ccc(-c%11cccc(-c%12cccc%13ccccc%12%13)c%11)cc%10)c%10ccccc%10-c%10cccc%11c%10oc%10cc%12ccccc%12cc%10%11)cc9)cccc7-8)cccc6cc45)cc3)c21. The molecule has 4 heteroatoms. The van der Waals surface area contributed by atoms with Crippen molar-refractivity contribution >= 4 is 121 Å². The van der Waals surface area contributed by atoms with Gasteiger partial charge < -0.3 is 18.6 Å². The van der Waals surface area contributed by atoms with Crippen molar-refractivity contribution in [3.63, 3.8) is 0 Å². The zero-order valence-electron chi connectivity index (χ0n) is 71.3. The van der Waals surface area contributed by atoms with E-state index in [1.165, 1.54) is 110 Å². The van der Waals surface area contributed by atoms with Crippen molar-refractivity contribution in [2.45, 2.75) is 38.5 Å². The van der Waals surface area contributed by atoms with E-state index in [0.717, 1.165) is 144 Å². The molecule has 0 saturated heterocycles. The summed E-state index contributed by atoms with van der Waals surface area (Å²) in [5, 5.41) is 13.9. The molecule has 0 saturated carbocycles. The molecule has 0 bridgehead atoms. The Kier molecular flexibility index (Phi) is 17.0. The molecule has 0 aliphatic heterocycles. The maximum Gasteiger partial charge on any atom is 0.143 e. The largest absolute Gasteiger partial charge is 0.455 e. The molecule has 4 nitrogen and oxygen atoms in total. The number of para-hydroxylation sites is 4. The summed E-state index contributed by atoms with van der Waals surface area (Å²) in [5.74, 6) is 0. The van der Waals surface area contributed by atoms with Gasteiger partial charge in [0.2, 0.25) is 0 Å². The fourth-order valence-electron chi connectivity index (χ4n) is 21.7. The van der Waals surface area contributed by atoms with Crippen molar-refractivity contribution in [2.24, 2.45) is 0 Å². The third-order valence-electron chi connectivity index (χ3n) is 27.8. The minimum Gasteiger partial charge on any atom is -0.455 e. The molecular weight excluding hydrogens is 1550 g/mol. The van der Waals surface area contributed by atoms with Gasteiger partial charge in [0, 0.05) is 77.4 Å². The Hall–Kier alpha value is -16.1. The first-order valence-corrected chi connectivity index (χ1v) is 44.5. The maximum absolute atomic E-state index is 7.38. The number of fused-ring (bicyclic) bond motifs is 16. The first-order chi connectivity index (χ1) is 62.9. The minimum absolute atomic E-state index is 0.162.